The number of hydrogen-bond donors (Lipinski definition) is 4. The van der Waals surface area contributed by atoms with Gasteiger partial charge in [0, 0.05) is 36.5 Å². The molecule has 0 aliphatic heterocycles. The summed E-state index contributed by atoms with van der Waals surface area (Å²) in [6.07, 6.45) is 0. The molecule has 0 saturated carbocycles. The first-order valence-corrected chi connectivity index (χ1v) is 5.96. The predicted octanol–water partition coefficient (Wildman–Crippen LogP) is -0.624. The first kappa shape index (κ1) is 29.6. The molecule has 0 aromatic rings. The van der Waals surface area contributed by atoms with Crippen molar-refractivity contribution in [2.45, 2.75) is 0 Å². The minimum Gasteiger partial charge on any atom is 0 e. The Bertz CT molecular complexity index is 224. The molecule has 0 spiro atoms. The molecule has 14 heteroatoms. The van der Waals surface area contributed by atoms with Gasteiger partial charge in [0.1, 0.15) is 0 Å². The molecule has 0 rings (SSSR count). The van der Waals surface area contributed by atoms with Crippen LogP contribution in [0.5, 0.6) is 0 Å². The summed E-state index contributed by atoms with van der Waals surface area (Å²) in [5.41, 5.74) is 0. The van der Waals surface area contributed by atoms with E-state index in [0.29, 0.717) is 0 Å². The maximum absolute atomic E-state index is 8.74. The first-order valence-electron chi connectivity index (χ1n) is 1.54. The van der Waals surface area contributed by atoms with E-state index < -0.39 is 20.8 Å². The summed E-state index contributed by atoms with van der Waals surface area (Å²) in [6, 6.07) is 0. The van der Waals surface area contributed by atoms with Gasteiger partial charge in [-0.25, -0.2) is 0 Å². The van der Waals surface area contributed by atoms with Gasteiger partial charge in [-0.3, -0.25) is 18.2 Å². The third kappa shape index (κ3) is 770. The predicted molar refractivity (Wildman–Crippen MR) is 34.2 cm³/mol. The zero-order valence-electron chi connectivity index (χ0n) is 6.00. The molecule has 0 aromatic heterocycles. The first-order chi connectivity index (χ1) is 5.00. The van der Waals surface area contributed by atoms with Crippen molar-refractivity contribution in [2.75, 3.05) is 0 Å². The van der Waals surface area contributed by atoms with Gasteiger partial charge in [0.05, 0.1) is 0 Å². The zero-order chi connectivity index (χ0) is 11.0. The van der Waals surface area contributed by atoms with Gasteiger partial charge in [-0.15, -0.1) is 0 Å². The Kier molecular flexibility index (Phi) is 31.1. The van der Waals surface area contributed by atoms with Gasteiger partial charge in [-0.2, -0.15) is 16.8 Å². The summed E-state index contributed by atoms with van der Waals surface area (Å²) in [7, 11) is -4.88. The largest absolute Gasteiger partial charge is 0 e. The van der Waals surface area contributed by atoms with Crippen molar-refractivity contribution in [1.29, 1.82) is 0 Å². The van der Waals surface area contributed by atoms with E-state index in [1.807, 2.05) is 0 Å². The fourth-order valence-corrected chi connectivity index (χ4v) is 0. The van der Waals surface area contributed by atoms with E-state index in [1.54, 1.807) is 0 Å². The molecule has 14 heavy (non-hydrogen) atoms. The Morgan fingerprint density at radius 3 is 0.786 bits per heavy atom. The quantitative estimate of drug-likeness (QED) is 0.302. The van der Waals surface area contributed by atoms with Crippen LogP contribution in [0.4, 0.5) is 0 Å². The average molecular weight is 415 g/mol. The monoisotopic (exact) mass is 413 g/mol. The van der Waals surface area contributed by atoms with E-state index in [9.17, 15) is 0 Å². The Hall–Kier alpha value is 1.69. The molecular weight excluding hydrogens is 411 g/mol. The molecule has 0 unspecified atom stereocenters. The zero-order valence-corrected chi connectivity index (χ0v) is 13.5. The molecule has 0 aromatic carbocycles. The van der Waals surface area contributed by atoms with Crippen molar-refractivity contribution >= 4 is 30.9 Å². The molecule has 0 saturated heterocycles. The summed E-state index contributed by atoms with van der Waals surface area (Å²) < 4.78 is 63.2. The van der Waals surface area contributed by atoms with E-state index in [-0.39, 0.29) is 36.5 Å². The van der Waals surface area contributed by atoms with Crippen LogP contribution in [0.25, 0.3) is 0 Å². The Balaban J connectivity index is -0.0000000292. The van der Waals surface area contributed by atoms with Crippen LogP contribution in [0.1, 0.15) is 0 Å². The van der Waals surface area contributed by atoms with Crippen LogP contribution in [-0.2, 0) is 72.4 Å². The Labute approximate surface area is 117 Å². The minimum atomic E-state index is -4.67. The summed E-state index contributed by atoms with van der Waals surface area (Å²) in [5.74, 6) is 0. The van der Waals surface area contributed by atoms with Gasteiger partial charge in [0.15, 0.2) is 0 Å². The molecule has 0 fully saturated rings. The molecule has 0 aliphatic rings. The molecule has 0 aliphatic carbocycles. The van der Waals surface area contributed by atoms with Crippen LogP contribution < -0.4 is 0 Å². The van der Waals surface area contributed by atoms with Crippen LogP contribution in [-0.4, -0.2) is 35.0 Å². The maximum atomic E-state index is 8.74. The van der Waals surface area contributed by atoms with E-state index >= 15 is 0 Å². The number of rotatable bonds is 0. The molecule has 1 radical (unpaired) electrons. The van der Waals surface area contributed by atoms with Gasteiger partial charge in [-0.05, 0) is 0 Å². The second-order valence-corrected chi connectivity index (χ2v) is 2.69. The van der Waals surface area contributed by atoms with E-state index in [4.69, 9.17) is 35.0 Å². The Morgan fingerprint density at radius 2 is 0.786 bits per heavy atom. The minimum absolute atomic E-state index is 0. The molecule has 4 N–H and O–H groups in total. The molecular formula is H4ClCuMnO8S2Zn. The van der Waals surface area contributed by atoms with Gasteiger partial charge in [0.25, 0.3) is 0 Å². The van der Waals surface area contributed by atoms with Crippen molar-refractivity contribution < 1.29 is 86.7 Å². The van der Waals surface area contributed by atoms with Gasteiger partial charge in [-0.1, -0.05) is 0 Å². The third-order valence-electron chi connectivity index (χ3n) is 0. The normalized spacial score (nSPS) is 8.71. The van der Waals surface area contributed by atoms with Gasteiger partial charge >= 0.3 is 46.0 Å². The summed E-state index contributed by atoms with van der Waals surface area (Å²) in [5, 5.41) is 0. The van der Waals surface area contributed by atoms with E-state index in [2.05, 4.69) is 25.2 Å². The second kappa shape index (κ2) is 14.7. The van der Waals surface area contributed by atoms with Crippen LogP contribution in [0.15, 0.2) is 0 Å². The third-order valence-corrected chi connectivity index (χ3v) is 0. The topological polar surface area (TPSA) is 149 Å². The number of hydrogen-bond acceptors (Lipinski definition) is 4. The number of halogens is 1. The van der Waals surface area contributed by atoms with Crippen LogP contribution in [0, 0.1) is 0 Å². The molecule has 0 heterocycles. The molecule has 8 nitrogen and oxygen atoms in total. The van der Waals surface area contributed by atoms with Crippen LogP contribution >= 0.6 is 10.1 Å². The smallest absolute Gasteiger partial charge is 0 e. The van der Waals surface area contributed by atoms with E-state index in [1.165, 1.54) is 0 Å². The maximum Gasteiger partial charge on any atom is 0 e. The molecule has 91 valence electrons. The molecule has 0 atom stereocenters. The van der Waals surface area contributed by atoms with Crippen molar-refractivity contribution in [3.8, 4) is 0 Å². The standard InChI is InChI=1S/ClH.Cu.Mn.2H2O4S.Zn/c;;;2*1-5(2,3)4;/h1H;;;2*(H2,1,2,3,4);/q;;+1;;;/p-1. The molecule has 0 amide bonds. The second-order valence-electron chi connectivity index (χ2n) is 0.896. The fourth-order valence-electron chi connectivity index (χ4n) is 0. The van der Waals surface area contributed by atoms with Gasteiger partial charge < -0.3 is 0 Å². The summed E-state index contributed by atoms with van der Waals surface area (Å²) in [4.78, 5) is 0. The Morgan fingerprint density at radius 1 is 0.786 bits per heavy atom. The van der Waals surface area contributed by atoms with Crippen LogP contribution in [0.3, 0.4) is 0 Å². The molecule has 0 bridgehead atoms. The van der Waals surface area contributed by atoms with Crippen molar-refractivity contribution in [1.82, 2.24) is 0 Å². The fraction of sp³-hybridized carbons (Fsp3) is 0. The van der Waals surface area contributed by atoms with Crippen LogP contribution in [0.2, 0.25) is 0 Å². The summed E-state index contributed by atoms with van der Waals surface area (Å²) >= 11 is 2.41. The van der Waals surface area contributed by atoms with Crippen molar-refractivity contribution in [2.24, 2.45) is 0 Å². The summed E-state index contributed by atoms with van der Waals surface area (Å²) in [6.45, 7) is 0. The van der Waals surface area contributed by atoms with Crippen molar-refractivity contribution in [3.63, 3.8) is 0 Å². The SMILES string of the molecule is O=S(=O)(O)O.O=S(=O)(O)O.[Cl][Mn].[Cu].[Zn]. The average Bonchev–Trinajstić information content (AvgIpc) is 1.59. The van der Waals surface area contributed by atoms with Gasteiger partial charge in [0.2, 0.25) is 0 Å². The van der Waals surface area contributed by atoms with E-state index in [0.717, 1.165) is 0 Å². The van der Waals surface area contributed by atoms with Crippen molar-refractivity contribution in [3.05, 3.63) is 0 Å².